The Labute approximate surface area is 121 Å². The van der Waals surface area contributed by atoms with E-state index in [1.54, 1.807) is 18.4 Å². The van der Waals surface area contributed by atoms with Crippen LogP contribution in [-0.4, -0.2) is 11.1 Å². The Balaban J connectivity index is 1.84. The van der Waals surface area contributed by atoms with Gasteiger partial charge in [-0.1, -0.05) is 17.7 Å². The Morgan fingerprint density at radius 2 is 1.95 bits per heavy atom. The van der Waals surface area contributed by atoms with Gasteiger partial charge in [0.2, 0.25) is 0 Å². The maximum Gasteiger partial charge on any atom is 0.335 e. The summed E-state index contributed by atoms with van der Waals surface area (Å²) in [5.41, 5.74) is 2.89. The van der Waals surface area contributed by atoms with E-state index in [-0.39, 0.29) is 5.56 Å². The van der Waals surface area contributed by atoms with Gasteiger partial charge in [-0.05, 0) is 37.3 Å². The average molecular weight is 282 g/mol. The summed E-state index contributed by atoms with van der Waals surface area (Å²) in [7, 11) is 0. The van der Waals surface area contributed by atoms with Crippen molar-refractivity contribution in [3.05, 3.63) is 65.4 Å². The highest BCUT2D eigenvalue weighted by Crippen LogP contribution is 2.24. The molecule has 0 fully saturated rings. The molecule has 1 N–H and O–H groups in total. The van der Waals surface area contributed by atoms with Gasteiger partial charge >= 0.3 is 5.97 Å². The van der Waals surface area contributed by atoms with Crippen LogP contribution < -0.4 is 4.74 Å². The minimum atomic E-state index is -0.955. The molecule has 4 heteroatoms. The Morgan fingerprint density at radius 3 is 2.67 bits per heavy atom. The van der Waals surface area contributed by atoms with E-state index >= 15 is 0 Å². The van der Waals surface area contributed by atoms with Crippen molar-refractivity contribution in [2.45, 2.75) is 13.5 Å². The summed E-state index contributed by atoms with van der Waals surface area (Å²) in [6.45, 7) is 2.35. The number of hydrogen-bond acceptors (Lipinski definition) is 3. The van der Waals surface area contributed by atoms with E-state index in [0.29, 0.717) is 12.2 Å². The molecule has 1 aromatic heterocycles. The molecular weight excluding hydrogens is 268 g/mol. The van der Waals surface area contributed by atoms with Crippen molar-refractivity contribution >= 4 is 16.9 Å². The van der Waals surface area contributed by atoms with Crippen LogP contribution in [0.2, 0.25) is 0 Å². The second-order valence-corrected chi connectivity index (χ2v) is 4.88. The van der Waals surface area contributed by atoms with Gasteiger partial charge in [-0.25, -0.2) is 4.79 Å². The van der Waals surface area contributed by atoms with Crippen LogP contribution in [0.1, 0.15) is 21.5 Å². The van der Waals surface area contributed by atoms with Gasteiger partial charge < -0.3 is 14.3 Å². The number of carboxylic acid groups (broad SMARTS) is 1. The highest BCUT2D eigenvalue weighted by atomic mass is 16.5. The minimum absolute atomic E-state index is 0.237. The summed E-state index contributed by atoms with van der Waals surface area (Å²) in [5.74, 6) is -0.187. The lowest BCUT2D eigenvalue weighted by molar-refractivity contribution is 0.0697. The number of hydrogen-bond donors (Lipinski definition) is 1. The van der Waals surface area contributed by atoms with E-state index in [1.807, 2.05) is 31.2 Å². The molecule has 0 atom stereocenters. The maximum atomic E-state index is 11.0. The standard InChI is InChI=1S/C17H14O4/c1-11-2-5-14(6-3-11)20-9-13-10-21-16-7-4-12(17(18)19)8-15(13)16/h2-8,10H,9H2,1H3,(H,18,19). The molecule has 3 rings (SSSR count). The van der Waals surface area contributed by atoms with Crippen molar-refractivity contribution < 1.29 is 19.1 Å². The van der Waals surface area contributed by atoms with Gasteiger partial charge in [0.15, 0.2) is 0 Å². The van der Waals surface area contributed by atoms with Crippen LogP contribution in [0.5, 0.6) is 5.75 Å². The topological polar surface area (TPSA) is 59.7 Å². The zero-order chi connectivity index (χ0) is 14.8. The number of carbonyl (C=O) groups is 1. The summed E-state index contributed by atoms with van der Waals surface area (Å²) in [5, 5.41) is 9.81. The molecule has 0 radical (unpaired) electrons. The third-order valence-electron chi connectivity index (χ3n) is 3.32. The first-order valence-corrected chi connectivity index (χ1v) is 6.56. The highest BCUT2D eigenvalue weighted by molar-refractivity contribution is 5.93. The largest absolute Gasteiger partial charge is 0.489 e. The van der Waals surface area contributed by atoms with E-state index in [0.717, 1.165) is 16.7 Å². The number of furan rings is 1. The Morgan fingerprint density at radius 1 is 1.19 bits per heavy atom. The van der Waals surface area contributed by atoms with Crippen LogP contribution in [-0.2, 0) is 6.61 Å². The number of rotatable bonds is 4. The molecule has 0 amide bonds. The first-order valence-electron chi connectivity index (χ1n) is 6.56. The van der Waals surface area contributed by atoms with Crippen molar-refractivity contribution in [1.29, 1.82) is 0 Å². The summed E-state index contributed by atoms with van der Waals surface area (Å²) >= 11 is 0. The highest BCUT2D eigenvalue weighted by Gasteiger charge is 2.10. The van der Waals surface area contributed by atoms with Crippen molar-refractivity contribution in [2.75, 3.05) is 0 Å². The van der Waals surface area contributed by atoms with Crippen LogP contribution in [0.25, 0.3) is 11.0 Å². The molecule has 0 aliphatic heterocycles. The van der Waals surface area contributed by atoms with E-state index in [1.165, 1.54) is 11.6 Å². The lowest BCUT2D eigenvalue weighted by Crippen LogP contribution is -1.97. The minimum Gasteiger partial charge on any atom is -0.489 e. The molecule has 0 unspecified atom stereocenters. The molecule has 0 saturated heterocycles. The SMILES string of the molecule is Cc1ccc(OCc2coc3ccc(C(=O)O)cc23)cc1. The lowest BCUT2D eigenvalue weighted by Gasteiger charge is -2.05. The zero-order valence-corrected chi connectivity index (χ0v) is 11.5. The number of aromatic carboxylic acids is 1. The quantitative estimate of drug-likeness (QED) is 0.785. The van der Waals surface area contributed by atoms with Crippen LogP contribution in [0.15, 0.2) is 53.1 Å². The van der Waals surface area contributed by atoms with Crippen molar-refractivity contribution in [3.63, 3.8) is 0 Å². The van der Waals surface area contributed by atoms with Gasteiger partial charge in [-0.15, -0.1) is 0 Å². The van der Waals surface area contributed by atoms with Gasteiger partial charge in [0.1, 0.15) is 17.9 Å². The van der Waals surface area contributed by atoms with Crippen molar-refractivity contribution in [2.24, 2.45) is 0 Å². The second kappa shape index (κ2) is 5.32. The zero-order valence-electron chi connectivity index (χ0n) is 11.5. The average Bonchev–Trinajstić information content (AvgIpc) is 2.89. The summed E-state index contributed by atoms with van der Waals surface area (Å²) < 4.78 is 11.1. The molecule has 21 heavy (non-hydrogen) atoms. The molecule has 0 aliphatic carbocycles. The number of fused-ring (bicyclic) bond motifs is 1. The Hall–Kier alpha value is -2.75. The molecule has 0 saturated carbocycles. The van der Waals surface area contributed by atoms with Crippen LogP contribution >= 0.6 is 0 Å². The van der Waals surface area contributed by atoms with Crippen molar-refractivity contribution in [3.8, 4) is 5.75 Å². The third-order valence-corrected chi connectivity index (χ3v) is 3.32. The Bertz CT molecular complexity index is 784. The number of aryl methyl sites for hydroxylation is 1. The van der Waals surface area contributed by atoms with Crippen LogP contribution in [0.3, 0.4) is 0 Å². The summed E-state index contributed by atoms with van der Waals surface area (Å²) in [4.78, 5) is 11.0. The van der Waals surface area contributed by atoms with E-state index < -0.39 is 5.97 Å². The fourth-order valence-electron chi connectivity index (χ4n) is 2.12. The van der Waals surface area contributed by atoms with Gasteiger partial charge in [-0.2, -0.15) is 0 Å². The summed E-state index contributed by atoms with van der Waals surface area (Å²) in [6, 6.07) is 12.6. The number of benzene rings is 2. The molecule has 0 aliphatic rings. The lowest BCUT2D eigenvalue weighted by atomic mass is 10.1. The first-order chi connectivity index (χ1) is 10.1. The van der Waals surface area contributed by atoms with E-state index in [4.69, 9.17) is 14.3 Å². The molecule has 0 bridgehead atoms. The fourth-order valence-corrected chi connectivity index (χ4v) is 2.12. The summed E-state index contributed by atoms with van der Waals surface area (Å²) in [6.07, 6.45) is 1.60. The fraction of sp³-hybridized carbons (Fsp3) is 0.118. The Kier molecular flexibility index (Phi) is 3.36. The molecule has 4 nitrogen and oxygen atoms in total. The monoisotopic (exact) mass is 282 g/mol. The predicted molar refractivity (Wildman–Crippen MR) is 78.7 cm³/mol. The van der Waals surface area contributed by atoms with Crippen LogP contribution in [0.4, 0.5) is 0 Å². The molecule has 2 aromatic carbocycles. The third kappa shape index (κ3) is 2.74. The van der Waals surface area contributed by atoms with E-state index in [2.05, 4.69) is 0 Å². The number of ether oxygens (including phenoxy) is 1. The van der Waals surface area contributed by atoms with E-state index in [9.17, 15) is 4.79 Å². The maximum absolute atomic E-state index is 11.0. The molecular formula is C17H14O4. The van der Waals surface area contributed by atoms with Gasteiger partial charge in [0.25, 0.3) is 0 Å². The second-order valence-electron chi connectivity index (χ2n) is 4.88. The van der Waals surface area contributed by atoms with Crippen LogP contribution in [0, 0.1) is 6.92 Å². The normalized spacial score (nSPS) is 10.7. The predicted octanol–water partition coefficient (Wildman–Crippen LogP) is 4.02. The first kappa shape index (κ1) is 13.2. The van der Waals surface area contributed by atoms with Crippen molar-refractivity contribution in [1.82, 2.24) is 0 Å². The molecule has 0 spiro atoms. The molecule has 1 heterocycles. The number of carboxylic acids is 1. The van der Waals surface area contributed by atoms with Gasteiger partial charge in [0, 0.05) is 10.9 Å². The molecule has 106 valence electrons. The van der Waals surface area contributed by atoms with Gasteiger partial charge in [0.05, 0.1) is 11.8 Å². The van der Waals surface area contributed by atoms with Gasteiger partial charge in [-0.3, -0.25) is 0 Å². The smallest absolute Gasteiger partial charge is 0.335 e. The molecule has 3 aromatic rings.